The first kappa shape index (κ1) is 7.55. The maximum absolute atomic E-state index is 5.79. The van der Waals surface area contributed by atoms with Gasteiger partial charge in [-0.05, 0) is 24.3 Å². The first-order valence-electron chi connectivity index (χ1n) is 3.57. The van der Waals surface area contributed by atoms with E-state index in [1.807, 2.05) is 24.3 Å². The topological polar surface area (TPSA) is 38.9 Å². The molecule has 0 aliphatic heterocycles. The lowest BCUT2D eigenvalue weighted by molar-refractivity contribution is 1.41. The Hall–Kier alpha value is -1.09. The fraction of sp³-hybridized carbons (Fsp3) is 0. The van der Waals surface area contributed by atoms with Crippen LogP contribution in [0.15, 0.2) is 34.9 Å². The van der Waals surface area contributed by atoms with Gasteiger partial charge in [-0.2, -0.15) is 0 Å². The molecule has 1 aromatic carbocycles. The molecule has 0 bridgehead atoms. The van der Waals surface area contributed by atoms with E-state index in [0.29, 0.717) is 0 Å². The molecular weight excluding hydrogens is 216 g/mol. The van der Waals surface area contributed by atoms with E-state index in [-0.39, 0.29) is 0 Å². The summed E-state index contributed by atoms with van der Waals surface area (Å²) < 4.78 is 0.964. The Balaban J connectivity index is 2.89. The SMILES string of the molecule is Nc1cc(Br)cc2ncccc12. The zero-order chi connectivity index (χ0) is 8.55. The number of halogens is 1. The summed E-state index contributed by atoms with van der Waals surface area (Å²) in [7, 11) is 0. The van der Waals surface area contributed by atoms with Crippen molar-refractivity contribution in [1.29, 1.82) is 0 Å². The Kier molecular flexibility index (Phi) is 1.73. The molecule has 0 unspecified atom stereocenters. The summed E-state index contributed by atoms with van der Waals surface area (Å²) >= 11 is 3.36. The molecule has 1 aromatic heterocycles. The number of anilines is 1. The van der Waals surface area contributed by atoms with Crippen LogP contribution in [0.1, 0.15) is 0 Å². The van der Waals surface area contributed by atoms with E-state index >= 15 is 0 Å². The van der Waals surface area contributed by atoms with E-state index < -0.39 is 0 Å². The predicted molar refractivity (Wildman–Crippen MR) is 53.9 cm³/mol. The number of nitrogens with zero attached hydrogens (tertiary/aromatic N) is 1. The number of nitrogens with two attached hydrogens (primary N) is 1. The average Bonchev–Trinajstić information content (AvgIpc) is 2.04. The van der Waals surface area contributed by atoms with Crippen molar-refractivity contribution >= 4 is 32.5 Å². The summed E-state index contributed by atoms with van der Waals surface area (Å²) in [6.07, 6.45) is 1.76. The zero-order valence-corrected chi connectivity index (χ0v) is 7.88. The molecule has 60 valence electrons. The van der Waals surface area contributed by atoms with Crippen LogP contribution in [-0.2, 0) is 0 Å². The maximum atomic E-state index is 5.79. The van der Waals surface area contributed by atoms with Crippen LogP contribution in [0, 0.1) is 0 Å². The third-order valence-corrected chi connectivity index (χ3v) is 2.18. The summed E-state index contributed by atoms with van der Waals surface area (Å²) in [5, 5.41) is 1.00. The zero-order valence-electron chi connectivity index (χ0n) is 6.29. The second-order valence-electron chi connectivity index (χ2n) is 2.57. The number of pyridine rings is 1. The van der Waals surface area contributed by atoms with Crippen LogP contribution >= 0.6 is 15.9 Å². The second kappa shape index (κ2) is 2.75. The molecule has 0 spiro atoms. The molecule has 2 N–H and O–H groups in total. The van der Waals surface area contributed by atoms with Gasteiger partial charge in [0.25, 0.3) is 0 Å². The number of hydrogen-bond acceptors (Lipinski definition) is 2. The summed E-state index contributed by atoms with van der Waals surface area (Å²) in [6.45, 7) is 0. The van der Waals surface area contributed by atoms with Gasteiger partial charge in [-0.15, -0.1) is 0 Å². The Morgan fingerprint density at radius 3 is 3.00 bits per heavy atom. The minimum Gasteiger partial charge on any atom is -0.398 e. The van der Waals surface area contributed by atoms with Crippen LogP contribution in [0.25, 0.3) is 10.9 Å². The molecule has 0 atom stereocenters. The van der Waals surface area contributed by atoms with E-state index in [2.05, 4.69) is 20.9 Å². The summed E-state index contributed by atoms with van der Waals surface area (Å²) in [4.78, 5) is 4.19. The minimum atomic E-state index is 0.757. The highest BCUT2D eigenvalue weighted by molar-refractivity contribution is 9.10. The Labute approximate surface area is 78.5 Å². The lowest BCUT2D eigenvalue weighted by Gasteiger charge is -2.00. The molecule has 0 radical (unpaired) electrons. The molecule has 0 aliphatic rings. The third-order valence-electron chi connectivity index (χ3n) is 1.72. The average molecular weight is 223 g/mol. The van der Waals surface area contributed by atoms with Crippen molar-refractivity contribution in [2.75, 3.05) is 5.73 Å². The molecular formula is C9H7BrN2. The number of benzene rings is 1. The van der Waals surface area contributed by atoms with Crippen LogP contribution in [-0.4, -0.2) is 4.98 Å². The van der Waals surface area contributed by atoms with E-state index in [9.17, 15) is 0 Å². The van der Waals surface area contributed by atoms with Crippen LogP contribution in [0.3, 0.4) is 0 Å². The predicted octanol–water partition coefficient (Wildman–Crippen LogP) is 2.58. The van der Waals surface area contributed by atoms with Gasteiger partial charge >= 0.3 is 0 Å². The Morgan fingerprint density at radius 1 is 1.33 bits per heavy atom. The first-order chi connectivity index (χ1) is 5.77. The summed E-state index contributed by atoms with van der Waals surface area (Å²) in [6, 6.07) is 7.67. The summed E-state index contributed by atoms with van der Waals surface area (Å²) in [5.41, 5.74) is 7.46. The highest BCUT2D eigenvalue weighted by Crippen LogP contribution is 2.23. The largest absolute Gasteiger partial charge is 0.398 e. The lowest BCUT2D eigenvalue weighted by Crippen LogP contribution is -1.87. The van der Waals surface area contributed by atoms with Gasteiger partial charge < -0.3 is 5.73 Å². The van der Waals surface area contributed by atoms with Crippen LogP contribution in [0.4, 0.5) is 5.69 Å². The van der Waals surface area contributed by atoms with Gasteiger partial charge in [-0.3, -0.25) is 4.98 Å². The summed E-state index contributed by atoms with van der Waals surface area (Å²) in [5.74, 6) is 0. The first-order valence-corrected chi connectivity index (χ1v) is 4.36. The van der Waals surface area contributed by atoms with Crippen molar-refractivity contribution in [3.8, 4) is 0 Å². The van der Waals surface area contributed by atoms with Crippen LogP contribution < -0.4 is 5.73 Å². The standard InChI is InChI=1S/C9H7BrN2/c10-6-4-8(11)7-2-1-3-12-9(7)5-6/h1-5H,11H2. The van der Waals surface area contributed by atoms with Gasteiger partial charge in [0.2, 0.25) is 0 Å². The molecule has 1 heterocycles. The number of aromatic nitrogens is 1. The number of nitrogen functional groups attached to an aromatic ring is 1. The van der Waals surface area contributed by atoms with Crippen molar-refractivity contribution < 1.29 is 0 Å². The van der Waals surface area contributed by atoms with E-state index in [1.54, 1.807) is 6.20 Å². The minimum absolute atomic E-state index is 0.757. The van der Waals surface area contributed by atoms with Gasteiger partial charge in [0.05, 0.1) is 5.52 Å². The molecule has 12 heavy (non-hydrogen) atoms. The van der Waals surface area contributed by atoms with Gasteiger partial charge in [0, 0.05) is 21.7 Å². The molecule has 0 aliphatic carbocycles. The van der Waals surface area contributed by atoms with Crippen molar-refractivity contribution in [3.63, 3.8) is 0 Å². The van der Waals surface area contributed by atoms with E-state index in [0.717, 1.165) is 21.1 Å². The van der Waals surface area contributed by atoms with Crippen molar-refractivity contribution in [3.05, 3.63) is 34.9 Å². The Bertz CT molecular complexity index is 426. The van der Waals surface area contributed by atoms with Gasteiger partial charge in [0.1, 0.15) is 0 Å². The van der Waals surface area contributed by atoms with Crippen LogP contribution in [0.5, 0.6) is 0 Å². The molecule has 3 heteroatoms. The fourth-order valence-electron chi connectivity index (χ4n) is 1.18. The van der Waals surface area contributed by atoms with E-state index in [1.165, 1.54) is 0 Å². The molecule has 0 amide bonds. The monoisotopic (exact) mass is 222 g/mol. The van der Waals surface area contributed by atoms with Crippen LogP contribution in [0.2, 0.25) is 0 Å². The van der Waals surface area contributed by atoms with Gasteiger partial charge in [-0.25, -0.2) is 0 Å². The van der Waals surface area contributed by atoms with E-state index in [4.69, 9.17) is 5.73 Å². The van der Waals surface area contributed by atoms with Crippen molar-refractivity contribution in [2.24, 2.45) is 0 Å². The fourth-order valence-corrected chi connectivity index (χ4v) is 1.64. The third kappa shape index (κ3) is 1.16. The molecule has 0 saturated heterocycles. The molecule has 2 rings (SSSR count). The van der Waals surface area contributed by atoms with Crippen molar-refractivity contribution in [2.45, 2.75) is 0 Å². The highest BCUT2D eigenvalue weighted by atomic mass is 79.9. The second-order valence-corrected chi connectivity index (χ2v) is 3.48. The molecule has 0 fully saturated rings. The number of fused-ring (bicyclic) bond motifs is 1. The number of hydrogen-bond donors (Lipinski definition) is 1. The molecule has 2 aromatic rings. The lowest BCUT2D eigenvalue weighted by atomic mass is 10.2. The molecule has 0 saturated carbocycles. The van der Waals surface area contributed by atoms with Gasteiger partial charge in [0.15, 0.2) is 0 Å². The smallest absolute Gasteiger partial charge is 0.0733 e. The normalized spacial score (nSPS) is 10.4. The van der Waals surface area contributed by atoms with Crippen molar-refractivity contribution in [1.82, 2.24) is 4.98 Å². The molecule has 2 nitrogen and oxygen atoms in total. The quantitative estimate of drug-likeness (QED) is 0.697. The number of rotatable bonds is 0. The Morgan fingerprint density at radius 2 is 2.17 bits per heavy atom. The van der Waals surface area contributed by atoms with Gasteiger partial charge in [-0.1, -0.05) is 15.9 Å². The highest BCUT2D eigenvalue weighted by Gasteiger charge is 1.98. The maximum Gasteiger partial charge on any atom is 0.0733 e.